The second kappa shape index (κ2) is 5.73. The summed E-state index contributed by atoms with van der Waals surface area (Å²) in [7, 11) is 1.36. The summed E-state index contributed by atoms with van der Waals surface area (Å²) >= 11 is 0. The van der Waals surface area contributed by atoms with E-state index < -0.39 is 23.7 Å². The molecule has 1 atom stereocenters. The predicted octanol–water partition coefficient (Wildman–Crippen LogP) is 3.93. The molecule has 0 aliphatic heterocycles. The lowest BCUT2D eigenvalue weighted by molar-refractivity contribution is -0.137. The molecule has 0 fully saturated rings. The lowest BCUT2D eigenvalue weighted by Crippen LogP contribution is -2.08. The molecule has 0 radical (unpaired) electrons. The lowest BCUT2D eigenvalue weighted by atomic mass is 9.99. The molecule has 0 heterocycles. The lowest BCUT2D eigenvalue weighted by Gasteiger charge is -2.15. The first kappa shape index (κ1) is 15.3. The highest BCUT2D eigenvalue weighted by molar-refractivity contribution is 5.37. The number of methoxy groups -OCH3 is 1. The SMILES string of the molecule is COc1ccc(C(O)c2cccc(C(F)(F)F)c2)c(F)c1. The van der Waals surface area contributed by atoms with Gasteiger partial charge in [0.2, 0.25) is 0 Å². The second-order valence-corrected chi connectivity index (χ2v) is 4.41. The summed E-state index contributed by atoms with van der Waals surface area (Å²) in [5, 5.41) is 10.1. The fraction of sp³-hybridized carbons (Fsp3) is 0.200. The molecular formula is C15H12F4O2. The number of alkyl halides is 3. The summed E-state index contributed by atoms with van der Waals surface area (Å²) in [4.78, 5) is 0. The molecule has 2 rings (SSSR count). The zero-order valence-electron chi connectivity index (χ0n) is 11.0. The van der Waals surface area contributed by atoms with Crippen LogP contribution < -0.4 is 4.74 Å². The molecule has 2 nitrogen and oxygen atoms in total. The van der Waals surface area contributed by atoms with Crippen LogP contribution in [0.25, 0.3) is 0 Å². The number of aliphatic hydroxyl groups excluding tert-OH is 1. The summed E-state index contributed by atoms with van der Waals surface area (Å²) in [5.74, 6) is -0.494. The monoisotopic (exact) mass is 300 g/mol. The highest BCUT2D eigenvalue weighted by Crippen LogP contribution is 2.33. The average Bonchev–Trinajstić information content (AvgIpc) is 2.45. The second-order valence-electron chi connectivity index (χ2n) is 4.41. The maximum absolute atomic E-state index is 13.8. The van der Waals surface area contributed by atoms with Crippen LogP contribution >= 0.6 is 0 Å². The van der Waals surface area contributed by atoms with Crippen LogP contribution in [0.3, 0.4) is 0 Å². The molecule has 21 heavy (non-hydrogen) atoms. The molecule has 0 bridgehead atoms. The van der Waals surface area contributed by atoms with E-state index in [4.69, 9.17) is 4.74 Å². The Morgan fingerprint density at radius 1 is 1.10 bits per heavy atom. The molecule has 0 aliphatic carbocycles. The summed E-state index contributed by atoms with van der Waals surface area (Å²) in [6.07, 6.45) is -6.01. The van der Waals surface area contributed by atoms with E-state index in [2.05, 4.69) is 0 Å². The van der Waals surface area contributed by atoms with Gasteiger partial charge < -0.3 is 9.84 Å². The van der Waals surface area contributed by atoms with Crippen LogP contribution in [0.2, 0.25) is 0 Å². The molecule has 6 heteroatoms. The molecule has 2 aromatic rings. The van der Waals surface area contributed by atoms with Gasteiger partial charge in [0, 0.05) is 11.6 Å². The number of benzene rings is 2. The Kier molecular flexibility index (Phi) is 4.18. The van der Waals surface area contributed by atoms with Gasteiger partial charge in [-0.05, 0) is 29.8 Å². The average molecular weight is 300 g/mol. The van der Waals surface area contributed by atoms with Crippen molar-refractivity contribution in [3.05, 3.63) is 65.0 Å². The van der Waals surface area contributed by atoms with Crippen molar-refractivity contribution in [3.8, 4) is 5.75 Å². The van der Waals surface area contributed by atoms with E-state index in [-0.39, 0.29) is 16.9 Å². The van der Waals surface area contributed by atoms with Gasteiger partial charge in [0.05, 0.1) is 12.7 Å². The molecule has 0 amide bonds. The number of hydrogen-bond donors (Lipinski definition) is 1. The largest absolute Gasteiger partial charge is 0.497 e. The van der Waals surface area contributed by atoms with E-state index in [1.54, 1.807) is 0 Å². The van der Waals surface area contributed by atoms with Crippen molar-refractivity contribution in [3.63, 3.8) is 0 Å². The maximum atomic E-state index is 13.8. The minimum Gasteiger partial charge on any atom is -0.497 e. The smallest absolute Gasteiger partial charge is 0.416 e. The molecule has 0 saturated heterocycles. The number of ether oxygens (including phenoxy) is 1. The van der Waals surface area contributed by atoms with Crippen LogP contribution in [-0.2, 0) is 6.18 Å². The molecule has 2 aromatic carbocycles. The fourth-order valence-electron chi connectivity index (χ4n) is 1.92. The number of rotatable bonds is 3. The quantitative estimate of drug-likeness (QED) is 0.870. The number of hydrogen-bond acceptors (Lipinski definition) is 2. The topological polar surface area (TPSA) is 29.5 Å². The summed E-state index contributed by atoms with van der Waals surface area (Å²) in [5.41, 5.74) is -1.04. The molecule has 0 spiro atoms. The zero-order chi connectivity index (χ0) is 15.6. The van der Waals surface area contributed by atoms with Crippen LogP contribution in [0, 0.1) is 5.82 Å². The van der Waals surface area contributed by atoms with Gasteiger partial charge in [-0.25, -0.2) is 4.39 Å². The van der Waals surface area contributed by atoms with Crippen molar-refractivity contribution in [1.82, 2.24) is 0 Å². The van der Waals surface area contributed by atoms with E-state index in [1.165, 1.54) is 31.4 Å². The third kappa shape index (κ3) is 3.33. The molecular weight excluding hydrogens is 288 g/mol. The molecule has 0 saturated carbocycles. The van der Waals surface area contributed by atoms with Crippen LogP contribution in [0.1, 0.15) is 22.8 Å². The Balaban J connectivity index is 2.38. The van der Waals surface area contributed by atoms with Gasteiger partial charge in [0.1, 0.15) is 17.7 Å². The van der Waals surface area contributed by atoms with Gasteiger partial charge in [0.15, 0.2) is 0 Å². The van der Waals surface area contributed by atoms with Crippen molar-refractivity contribution in [1.29, 1.82) is 0 Å². The summed E-state index contributed by atoms with van der Waals surface area (Å²) < 4.78 is 56.6. The van der Waals surface area contributed by atoms with Gasteiger partial charge in [-0.3, -0.25) is 0 Å². The van der Waals surface area contributed by atoms with Crippen LogP contribution in [0.4, 0.5) is 17.6 Å². The van der Waals surface area contributed by atoms with E-state index in [1.807, 2.05) is 0 Å². The van der Waals surface area contributed by atoms with Crippen molar-refractivity contribution >= 4 is 0 Å². The molecule has 112 valence electrons. The Hall–Kier alpha value is -2.08. The van der Waals surface area contributed by atoms with Crippen LogP contribution in [0.15, 0.2) is 42.5 Å². The number of aliphatic hydroxyl groups is 1. The van der Waals surface area contributed by atoms with E-state index in [0.29, 0.717) is 0 Å². The van der Waals surface area contributed by atoms with Crippen molar-refractivity contribution in [2.45, 2.75) is 12.3 Å². The van der Waals surface area contributed by atoms with Gasteiger partial charge in [-0.15, -0.1) is 0 Å². The summed E-state index contributed by atoms with van der Waals surface area (Å²) in [6, 6.07) is 7.93. The first-order chi connectivity index (χ1) is 9.82. The van der Waals surface area contributed by atoms with Gasteiger partial charge in [-0.2, -0.15) is 13.2 Å². The van der Waals surface area contributed by atoms with Crippen molar-refractivity contribution in [2.24, 2.45) is 0 Å². The van der Waals surface area contributed by atoms with E-state index in [9.17, 15) is 22.7 Å². The third-order valence-corrected chi connectivity index (χ3v) is 3.03. The Bertz CT molecular complexity index is 638. The van der Waals surface area contributed by atoms with Crippen molar-refractivity contribution in [2.75, 3.05) is 7.11 Å². The molecule has 1 unspecified atom stereocenters. The Morgan fingerprint density at radius 2 is 1.81 bits per heavy atom. The highest BCUT2D eigenvalue weighted by atomic mass is 19.4. The molecule has 0 aliphatic rings. The van der Waals surface area contributed by atoms with Gasteiger partial charge >= 0.3 is 6.18 Å². The highest BCUT2D eigenvalue weighted by Gasteiger charge is 2.31. The standard InChI is InChI=1S/C15H12F4O2/c1-21-11-5-6-12(13(16)8-11)14(20)9-3-2-4-10(7-9)15(17,18)19/h2-8,14,20H,1H3. The van der Waals surface area contributed by atoms with E-state index >= 15 is 0 Å². The minimum absolute atomic E-state index is 0.0334. The molecule has 1 N–H and O–H groups in total. The van der Waals surface area contributed by atoms with Crippen LogP contribution in [-0.4, -0.2) is 12.2 Å². The Morgan fingerprint density at radius 3 is 2.38 bits per heavy atom. The Labute approximate surface area is 118 Å². The molecule has 0 aromatic heterocycles. The first-order valence-electron chi connectivity index (χ1n) is 6.01. The van der Waals surface area contributed by atoms with E-state index in [0.717, 1.165) is 18.2 Å². The first-order valence-corrected chi connectivity index (χ1v) is 6.01. The van der Waals surface area contributed by atoms with Gasteiger partial charge in [0.25, 0.3) is 0 Å². The van der Waals surface area contributed by atoms with Crippen LogP contribution in [0.5, 0.6) is 5.75 Å². The zero-order valence-corrected chi connectivity index (χ0v) is 11.0. The van der Waals surface area contributed by atoms with Gasteiger partial charge in [-0.1, -0.05) is 12.1 Å². The maximum Gasteiger partial charge on any atom is 0.416 e. The summed E-state index contributed by atoms with van der Waals surface area (Å²) in [6.45, 7) is 0. The minimum atomic E-state index is -4.52. The predicted molar refractivity (Wildman–Crippen MR) is 68.5 cm³/mol. The normalized spacial score (nSPS) is 13.0. The third-order valence-electron chi connectivity index (χ3n) is 3.03. The fourth-order valence-corrected chi connectivity index (χ4v) is 1.92. The number of halogens is 4. The van der Waals surface area contributed by atoms with Crippen molar-refractivity contribution < 1.29 is 27.4 Å².